The van der Waals surface area contributed by atoms with Gasteiger partial charge in [0.1, 0.15) is 0 Å². The van der Waals surface area contributed by atoms with Gasteiger partial charge in [-0.05, 0) is 30.3 Å². The van der Waals surface area contributed by atoms with E-state index in [1.54, 1.807) is 0 Å². The fraction of sp³-hybridized carbons (Fsp3) is 0.818. The maximum atomic E-state index is 10.3. The first-order chi connectivity index (χ1) is 7.70. The Morgan fingerprint density at radius 2 is 2.31 bits per heavy atom. The van der Waals surface area contributed by atoms with Crippen LogP contribution in [0.4, 0.5) is 0 Å². The third-order valence-corrected chi connectivity index (χ3v) is 3.81. The molecule has 1 aromatic heterocycles. The average Bonchev–Trinajstić information content (AvgIpc) is 2.78. The van der Waals surface area contributed by atoms with Crippen molar-refractivity contribution in [2.75, 3.05) is 13.2 Å². The molecule has 0 aromatic carbocycles. The number of ether oxygens (including phenoxy) is 1. The van der Waals surface area contributed by atoms with Gasteiger partial charge in [-0.25, -0.2) is 0 Å². The van der Waals surface area contributed by atoms with Crippen LogP contribution in [0.25, 0.3) is 0 Å². The van der Waals surface area contributed by atoms with Crippen LogP contribution >= 0.6 is 11.5 Å². The van der Waals surface area contributed by atoms with Crippen LogP contribution in [0.3, 0.4) is 0 Å². The first kappa shape index (κ1) is 12.0. The molecule has 2 heterocycles. The van der Waals surface area contributed by atoms with E-state index in [1.807, 2.05) is 0 Å². The van der Waals surface area contributed by atoms with Crippen molar-refractivity contribution in [3.8, 4) is 0 Å². The minimum Gasteiger partial charge on any atom is -0.387 e. The Balaban J connectivity index is 2.12. The third-order valence-electron chi connectivity index (χ3n) is 3.00. The van der Waals surface area contributed by atoms with Crippen LogP contribution in [0.5, 0.6) is 0 Å². The number of rotatable bonds is 3. The van der Waals surface area contributed by atoms with E-state index in [9.17, 15) is 5.11 Å². The molecule has 1 fully saturated rings. The van der Waals surface area contributed by atoms with Crippen molar-refractivity contribution in [1.29, 1.82) is 0 Å². The molecule has 1 N–H and O–H groups in total. The van der Waals surface area contributed by atoms with Crippen LogP contribution in [0.2, 0.25) is 0 Å². The highest BCUT2D eigenvalue weighted by atomic mass is 32.1. The predicted molar refractivity (Wildman–Crippen MR) is 62.5 cm³/mol. The lowest BCUT2D eigenvalue weighted by Crippen LogP contribution is -2.23. The average molecular weight is 242 g/mol. The summed E-state index contributed by atoms with van der Waals surface area (Å²) in [5.74, 6) is 0.515. The molecule has 5 heteroatoms. The summed E-state index contributed by atoms with van der Waals surface area (Å²) in [7, 11) is 0. The van der Waals surface area contributed by atoms with Gasteiger partial charge in [-0.15, -0.1) is 5.10 Å². The molecule has 16 heavy (non-hydrogen) atoms. The van der Waals surface area contributed by atoms with Crippen LogP contribution in [-0.2, 0) is 4.74 Å². The molecule has 1 saturated heterocycles. The first-order valence-corrected chi connectivity index (χ1v) is 6.55. The first-order valence-electron chi connectivity index (χ1n) is 5.78. The van der Waals surface area contributed by atoms with Crippen molar-refractivity contribution < 1.29 is 9.84 Å². The Morgan fingerprint density at radius 3 is 2.94 bits per heavy atom. The van der Waals surface area contributed by atoms with Crippen molar-refractivity contribution in [2.45, 2.75) is 38.7 Å². The molecule has 2 unspecified atom stereocenters. The van der Waals surface area contributed by atoms with Gasteiger partial charge in [0.15, 0.2) is 0 Å². The number of hydrogen-bond donors (Lipinski definition) is 1. The third kappa shape index (κ3) is 2.42. The molecule has 0 amide bonds. The second kappa shape index (κ2) is 5.21. The van der Waals surface area contributed by atoms with Gasteiger partial charge < -0.3 is 9.84 Å². The number of aliphatic hydroxyl groups excluding tert-OH is 1. The largest absolute Gasteiger partial charge is 0.387 e. The summed E-state index contributed by atoms with van der Waals surface area (Å²) in [5.41, 5.74) is 0.933. The summed E-state index contributed by atoms with van der Waals surface area (Å²) < 4.78 is 9.36. The summed E-state index contributed by atoms with van der Waals surface area (Å²) in [6.07, 6.45) is 1.60. The van der Waals surface area contributed by atoms with E-state index in [4.69, 9.17) is 4.74 Å². The van der Waals surface area contributed by atoms with Crippen LogP contribution in [-0.4, -0.2) is 27.9 Å². The van der Waals surface area contributed by atoms with E-state index >= 15 is 0 Å². The van der Waals surface area contributed by atoms with Gasteiger partial charge in [-0.2, -0.15) is 0 Å². The van der Waals surface area contributed by atoms with E-state index < -0.39 is 6.10 Å². The molecule has 1 aliphatic rings. The molecule has 1 aliphatic heterocycles. The Hall–Kier alpha value is -0.520. The summed E-state index contributed by atoms with van der Waals surface area (Å²) in [4.78, 5) is 0.922. The minimum atomic E-state index is -0.460. The van der Waals surface area contributed by atoms with Gasteiger partial charge in [-0.3, -0.25) is 0 Å². The van der Waals surface area contributed by atoms with Gasteiger partial charge in [0.2, 0.25) is 0 Å². The van der Waals surface area contributed by atoms with E-state index in [2.05, 4.69) is 23.4 Å². The van der Waals surface area contributed by atoms with E-state index in [0.29, 0.717) is 12.5 Å². The fourth-order valence-electron chi connectivity index (χ4n) is 2.04. The summed E-state index contributed by atoms with van der Waals surface area (Å²) in [5, 5.41) is 14.4. The number of hydrogen-bond acceptors (Lipinski definition) is 5. The van der Waals surface area contributed by atoms with Gasteiger partial charge >= 0.3 is 0 Å². The molecule has 90 valence electrons. The zero-order chi connectivity index (χ0) is 11.5. The molecule has 0 radical (unpaired) electrons. The summed E-state index contributed by atoms with van der Waals surface area (Å²) in [6, 6.07) is 0. The Morgan fingerprint density at radius 1 is 1.50 bits per heavy atom. The molecule has 4 nitrogen and oxygen atoms in total. The molecule has 0 aliphatic carbocycles. The predicted octanol–water partition coefficient (Wildman–Crippen LogP) is 2.12. The lowest BCUT2D eigenvalue weighted by molar-refractivity contribution is -0.00906. The molecular formula is C11H18N2O2S. The zero-order valence-electron chi connectivity index (χ0n) is 9.72. The molecule has 2 rings (SSSR count). The maximum absolute atomic E-state index is 10.3. The minimum absolute atomic E-state index is 0.202. The molecular weight excluding hydrogens is 224 g/mol. The number of aliphatic hydroxyl groups is 1. The normalized spacial score (nSPS) is 23.6. The molecule has 0 saturated carbocycles. The highest BCUT2D eigenvalue weighted by Gasteiger charge is 2.28. The molecule has 0 spiro atoms. The standard InChI is InChI=1S/C11H18N2O2S/c1-7(2)9-11(16-13-12-9)10(14)8-4-3-5-15-6-8/h7-8,10,14H,3-6H2,1-2H3. The zero-order valence-corrected chi connectivity index (χ0v) is 10.5. The van der Waals surface area contributed by atoms with Crippen LogP contribution in [0, 0.1) is 5.92 Å². The van der Waals surface area contributed by atoms with Crippen molar-refractivity contribution in [3.05, 3.63) is 10.6 Å². The Bertz CT molecular complexity index is 334. The Kier molecular flexibility index (Phi) is 3.89. The topological polar surface area (TPSA) is 55.2 Å². The molecule has 2 atom stereocenters. The number of nitrogens with zero attached hydrogens (tertiary/aromatic N) is 2. The summed E-state index contributed by atoms with van der Waals surface area (Å²) >= 11 is 1.31. The quantitative estimate of drug-likeness (QED) is 0.882. The van der Waals surface area contributed by atoms with Crippen LogP contribution in [0.15, 0.2) is 0 Å². The number of aromatic nitrogens is 2. The van der Waals surface area contributed by atoms with Crippen molar-refractivity contribution in [2.24, 2.45) is 5.92 Å². The van der Waals surface area contributed by atoms with Gasteiger partial charge in [-0.1, -0.05) is 18.3 Å². The van der Waals surface area contributed by atoms with Crippen molar-refractivity contribution in [3.63, 3.8) is 0 Å². The maximum Gasteiger partial charge on any atom is 0.0967 e. The van der Waals surface area contributed by atoms with E-state index in [1.165, 1.54) is 11.5 Å². The SMILES string of the molecule is CC(C)c1nnsc1C(O)C1CCCOC1. The lowest BCUT2D eigenvalue weighted by Gasteiger charge is -2.26. The van der Waals surface area contributed by atoms with E-state index in [-0.39, 0.29) is 5.92 Å². The molecule has 1 aromatic rings. The Labute approximate surface area is 99.8 Å². The fourth-order valence-corrected chi connectivity index (χ4v) is 2.93. The monoisotopic (exact) mass is 242 g/mol. The lowest BCUT2D eigenvalue weighted by atomic mass is 9.93. The smallest absolute Gasteiger partial charge is 0.0967 e. The van der Waals surface area contributed by atoms with E-state index in [0.717, 1.165) is 30.0 Å². The van der Waals surface area contributed by atoms with Crippen molar-refractivity contribution in [1.82, 2.24) is 9.59 Å². The highest BCUT2D eigenvalue weighted by molar-refractivity contribution is 7.05. The summed E-state index contributed by atoms with van der Waals surface area (Å²) in [6.45, 7) is 5.62. The molecule has 0 bridgehead atoms. The highest BCUT2D eigenvalue weighted by Crippen LogP contribution is 2.34. The van der Waals surface area contributed by atoms with Crippen LogP contribution in [0.1, 0.15) is 49.3 Å². The van der Waals surface area contributed by atoms with Gasteiger partial charge in [0, 0.05) is 12.5 Å². The second-order valence-corrected chi connectivity index (χ2v) is 5.38. The second-order valence-electron chi connectivity index (χ2n) is 4.60. The van der Waals surface area contributed by atoms with Gasteiger partial charge in [0.25, 0.3) is 0 Å². The van der Waals surface area contributed by atoms with Crippen LogP contribution < -0.4 is 0 Å². The van der Waals surface area contributed by atoms with Gasteiger partial charge in [0.05, 0.1) is 23.3 Å². The van der Waals surface area contributed by atoms with Crippen molar-refractivity contribution >= 4 is 11.5 Å².